The smallest absolute Gasteiger partial charge is 0.269 e. The molecule has 4 amide bonds. The summed E-state index contributed by atoms with van der Waals surface area (Å²) < 4.78 is 178. The minimum absolute atomic E-state index is 0.0502. The molecule has 6 nitrogen and oxygen atoms in total. The fourth-order valence-corrected chi connectivity index (χ4v) is 7.55. The van der Waals surface area contributed by atoms with Crippen molar-refractivity contribution in [1.82, 2.24) is 4.90 Å². The van der Waals surface area contributed by atoms with Gasteiger partial charge in [0.25, 0.3) is 23.6 Å². The molecule has 0 fully saturated rings. The third kappa shape index (κ3) is 6.71. The number of rotatable bonds is 6. The molecule has 6 rings (SSSR count). The zero-order valence-corrected chi connectivity index (χ0v) is 32.2. The van der Waals surface area contributed by atoms with Crippen LogP contribution in [0, 0.1) is 0 Å². The summed E-state index contributed by atoms with van der Waals surface area (Å²) >= 11 is 0. The van der Waals surface area contributed by atoms with Crippen molar-refractivity contribution >= 4 is 29.3 Å². The first-order chi connectivity index (χ1) is 27.3. The summed E-state index contributed by atoms with van der Waals surface area (Å²) in [4.78, 5) is 54.2. The second-order valence-corrected chi connectivity index (χ2v) is 16.1. The summed E-state index contributed by atoms with van der Waals surface area (Å²) in [5.41, 5.74) is -19.2. The molecule has 2 heterocycles. The lowest BCUT2D eigenvalue weighted by Crippen LogP contribution is -2.55. The largest absolute Gasteiger partial charge is 0.417 e. The predicted octanol–water partition coefficient (Wildman–Crippen LogP) is 11.7. The molecule has 60 heavy (non-hydrogen) atoms. The molecule has 0 aliphatic carbocycles. The Morgan fingerprint density at radius 3 is 1.28 bits per heavy atom. The minimum Gasteiger partial charge on any atom is -0.269 e. The van der Waals surface area contributed by atoms with Crippen molar-refractivity contribution in [3.05, 3.63) is 123 Å². The molecular formula is C42H32F12N2O4. The molecule has 0 saturated carbocycles. The van der Waals surface area contributed by atoms with Crippen LogP contribution in [0.2, 0.25) is 0 Å². The van der Waals surface area contributed by atoms with Gasteiger partial charge in [0.05, 0.1) is 39.1 Å². The number of halogens is 12. The average molecular weight is 857 g/mol. The van der Waals surface area contributed by atoms with Crippen LogP contribution in [-0.2, 0) is 23.2 Å². The first-order valence-electron chi connectivity index (χ1n) is 17.9. The number of anilines is 1. The molecule has 2 aliphatic heterocycles. The van der Waals surface area contributed by atoms with Crippen molar-refractivity contribution in [3.63, 3.8) is 0 Å². The van der Waals surface area contributed by atoms with E-state index in [4.69, 9.17) is 0 Å². The molecule has 4 aromatic carbocycles. The van der Waals surface area contributed by atoms with Gasteiger partial charge in [0.2, 0.25) is 5.41 Å². The minimum atomic E-state index is -6.29. The second kappa shape index (κ2) is 13.7. The van der Waals surface area contributed by atoms with E-state index in [1.807, 2.05) is 0 Å². The van der Waals surface area contributed by atoms with Gasteiger partial charge in [-0.1, -0.05) is 51.1 Å². The maximum absolute atomic E-state index is 15.2. The molecule has 0 aromatic heterocycles. The van der Waals surface area contributed by atoms with Crippen LogP contribution in [0.3, 0.4) is 0 Å². The van der Waals surface area contributed by atoms with Gasteiger partial charge in [-0.3, -0.25) is 24.1 Å². The van der Waals surface area contributed by atoms with E-state index in [9.17, 15) is 45.5 Å². The van der Waals surface area contributed by atoms with Gasteiger partial charge in [0.1, 0.15) is 0 Å². The quantitative estimate of drug-likeness (QED) is 0.143. The van der Waals surface area contributed by atoms with E-state index in [2.05, 4.69) is 0 Å². The number of hydrogen-bond donors (Lipinski definition) is 0. The summed E-state index contributed by atoms with van der Waals surface area (Å²) in [6.45, 7) is 9.19. The fraction of sp³-hybridized carbons (Fsp3) is 0.333. The fourth-order valence-electron chi connectivity index (χ4n) is 7.55. The van der Waals surface area contributed by atoms with Crippen LogP contribution in [-0.4, -0.2) is 46.4 Å². The second-order valence-electron chi connectivity index (χ2n) is 16.1. The molecule has 4 aromatic rings. The molecule has 0 bridgehead atoms. The summed E-state index contributed by atoms with van der Waals surface area (Å²) in [6.07, 6.45) is -22.8. The van der Waals surface area contributed by atoms with Crippen LogP contribution >= 0.6 is 0 Å². The maximum atomic E-state index is 15.2. The average Bonchev–Trinajstić information content (AvgIpc) is 3.52. The van der Waals surface area contributed by atoms with E-state index in [0.717, 1.165) is 12.1 Å². The number of hydrogen-bond acceptors (Lipinski definition) is 4. The Hall–Kier alpha value is -5.68. The van der Waals surface area contributed by atoms with Crippen molar-refractivity contribution in [2.75, 3.05) is 4.90 Å². The molecule has 0 radical (unpaired) electrons. The van der Waals surface area contributed by atoms with Crippen molar-refractivity contribution in [1.29, 1.82) is 0 Å². The lowest BCUT2D eigenvalue weighted by atomic mass is 9.71. The Labute approximate surface area is 333 Å². The molecule has 0 saturated heterocycles. The standard InChI is InChI=1S/C42H32F12N2O4/c1-7-37(5,6)20-8-12-24(30(18-20)39(43,44)45)25-15-11-23(19-31(25)40(46,47)48)55-32(57)26-13-9-21(16-28(26)33(55)58)38(41(49,50)51,42(52,53)54)22-10-14-27-29(17-22)35(60)56(34(27)59)36(2,3)4/h8-19H,7H2,1-6H3. The highest BCUT2D eigenvalue weighted by Crippen LogP contribution is 2.57. The third-order valence-corrected chi connectivity index (χ3v) is 11.0. The van der Waals surface area contributed by atoms with Crippen LogP contribution in [0.1, 0.15) is 117 Å². The number of imide groups is 2. The number of alkyl halides is 12. The molecule has 0 unspecified atom stereocenters. The molecule has 2 aliphatic rings. The lowest BCUT2D eigenvalue weighted by Gasteiger charge is -2.38. The van der Waals surface area contributed by atoms with Gasteiger partial charge in [0, 0.05) is 5.54 Å². The molecule has 318 valence electrons. The topological polar surface area (TPSA) is 74.8 Å². The summed E-state index contributed by atoms with van der Waals surface area (Å²) in [5, 5.41) is 0. The summed E-state index contributed by atoms with van der Waals surface area (Å²) in [7, 11) is 0. The van der Waals surface area contributed by atoms with Gasteiger partial charge in [0.15, 0.2) is 0 Å². The van der Waals surface area contributed by atoms with Gasteiger partial charge >= 0.3 is 24.7 Å². The van der Waals surface area contributed by atoms with E-state index < -0.39 is 126 Å². The summed E-state index contributed by atoms with van der Waals surface area (Å²) in [6, 6.07) is 6.33. The first kappa shape index (κ1) is 43.9. The maximum Gasteiger partial charge on any atom is 0.417 e. The van der Waals surface area contributed by atoms with Crippen molar-refractivity contribution in [2.45, 2.75) is 89.0 Å². The molecule has 0 N–H and O–H groups in total. The van der Waals surface area contributed by atoms with E-state index >= 15 is 26.3 Å². The van der Waals surface area contributed by atoms with Crippen LogP contribution < -0.4 is 4.90 Å². The van der Waals surface area contributed by atoms with Crippen molar-refractivity contribution in [2.24, 2.45) is 0 Å². The van der Waals surface area contributed by atoms with Gasteiger partial charge < -0.3 is 0 Å². The van der Waals surface area contributed by atoms with E-state index in [0.29, 0.717) is 41.7 Å². The van der Waals surface area contributed by atoms with Crippen LogP contribution in [0.25, 0.3) is 11.1 Å². The van der Waals surface area contributed by atoms with Crippen LogP contribution in [0.15, 0.2) is 72.8 Å². The van der Waals surface area contributed by atoms with E-state index in [1.54, 1.807) is 20.8 Å². The molecular weight excluding hydrogens is 824 g/mol. The number of benzene rings is 4. The number of nitrogens with zero attached hydrogens (tertiary/aromatic N) is 2. The first-order valence-corrected chi connectivity index (χ1v) is 17.9. The lowest BCUT2D eigenvalue weighted by molar-refractivity contribution is -0.288. The van der Waals surface area contributed by atoms with Crippen LogP contribution in [0.4, 0.5) is 58.4 Å². The van der Waals surface area contributed by atoms with Gasteiger partial charge in [-0.05, 0) is 103 Å². The highest BCUT2D eigenvalue weighted by atomic mass is 19.4. The third-order valence-electron chi connectivity index (χ3n) is 11.0. The van der Waals surface area contributed by atoms with Crippen LogP contribution in [0.5, 0.6) is 0 Å². The Balaban J connectivity index is 1.49. The molecule has 18 heteroatoms. The Morgan fingerprint density at radius 1 is 0.450 bits per heavy atom. The normalized spacial score (nSPS) is 15.6. The number of amides is 4. The van der Waals surface area contributed by atoms with Crippen molar-refractivity contribution in [3.8, 4) is 11.1 Å². The molecule has 0 spiro atoms. The highest BCUT2D eigenvalue weighted by Gasteiger charge is 2.73. The van der Waals surface area contributed by atoms with Gasteiger partial charge in [-0.25, -0.2) is 4.90 Å². The van der Waals surface area contributed by atoms with E-state index in [-0.39, 0.29) is 34.7 Å². The van der Waals surface area contributed by atoms with Gasteiger partial charge in [-0.2, -0.15) is 52.7 Å². The number of carbonyl (C=O) groups excluding carboxylic acids is 4. The van der Waals surface area contributed by atoms with Crippen molar-refractivity contribution < 1.29 is 71.9 Å². The number of carbonyl (C=O) groups is 4. The Kier molecular flexibility index (Phi) is 10.0. The Morgan fingerprint density at radius 2 is 0.833 bits per heavy atom. The zero-order chi connectivity index (χ0) is 45.1. The Bertz CT molecular complexity index is 2470. The predicted molar refractivity (Wildman–Crippen MR) is 192 cm³/mol. The van der Waals surface area contributed by atoms with E-state index in [1.165, 1.54) is 26.8 Å². The zero-order valence-electron chi connectivity index (χ0n) is 32.2. The molecule has 0 atom stereocenters. The number of fused-ring (bicyclic) bond motifs is 2. The van der Waals surface area contributed by atoms with Gasteiger partial charge in [-0.15, -0.1) is 0 Å². The monoisotopic (exact) mass is 856 g/mol. The highest BCUT2D eigenvalue weighted by molar-refractivity contribution is 6.34. The SMILES string of the molecule is CCC(C)(C)c1ccc(-c2ccc(N3C(=O)c4ccc(C(c5ccc6c(c5)C(=O)N(C(C)(C)C)C6=O)(C(F)(F)F)C(F)(F)F)cc4C3=O)cc2C(F)(F)F)c(C(F)(F)F)c1. The summed E-state index contributed by atoms with van der Waals surface area (Å²) in [5.74, 6) is -5.26.